The summed E-state index contributed by atoms with van der Waals surface area (Å²) in [4.78, 5) is 8.43. The van der Waals surface area contributed by atoms with Crippen LogP contribution in [0.2, 0.25) is 5.02 Å². The number of hydrogen-bond donors (Lipinski definition) is 0. The Morgan fingerprint density at radius 1 is 0.966 bits per heavy atom. The number of benzene rings is 2. The van der Waals surface area contributed by atoms with Crippen molar-refractivity contribution < 1.29 is 0 Å². The van der Waals surface area contributed by atoms with Gasteiger partial charge in [-0.1, -0.05) is 35.9 Å². The molecule has 4 nitrogen and oxygen atoms in total. The van der Waals surface area contributed by atoms with E-state index in [-0.39, 0.29) is 17.0 Å². The summed E-state index contributed by atoms with van der Waals surface area (Å²) in [6, 6.07) is 14.4. The number of likely N-dealkylation sites (N-methyl/N-ethyl adjacent to an activating group) is 1. The van der Waals surface area contributed by atoms with Crippen molar-refractivity contribution in [2.75, 3.05) is 38.2 Å². The van der Waals surface area contributed by atoms with Crippen LogP contribution in [-0.4, -0.2) is 42.8 Å². The normalized spacial score (nSPS) is 15.4. The van der Waals surface area contributed by atoms with E-state index in [4.69, 9.17) is 16.6 Å². The van der Waals surface area contributed by atoms with Crippen LogP contribution in [0.3, 0.4) is 0 Å². The van der Waals surface area contributed by atoms with Gasteiger partial charge in [-0.15, -0.1) is 28.3 Å². The predicted octanol–water partition coefficient (Wildman–Crippen LogP) is 5.18. The third kappa shape index (κ3) is 4.77. The molecule has 0 atom stereocenters. The minimum atomic E-state index is 0. The summed E-state index contributed by atoms with van der Waals surface area (Å²) in [6.07, 6.45) is 0. The van der Waals surface area contributed by atoms with Crippen molar-refractivity contribution in [3.05, 3.63) is 68.8 Å². The maximum Gasteiger partial charge on any atom is 0.209 e. The Kier molecular flexibility index (Phi) is 7.22. The molecule has 2 heterocycles. The zero-order valence-electron chi connectivity index (χ0n) is 16.9. The fourth-order valence-corrected chi connectivity index (χ4v) is 4.47. The molecule has 1 fully saturated rings. The topological polar surface area (TPSA) is 23.8 Å². The number of rotatable bonds is 3. The van der Waals surface area contributed by atoms with Gasteiger partial charge in [-0.3, -0.25) is 0 Å². The molecule has 0 spiro atoms. The molecule has 1 aromatic heterocycles. The van der Waals surface area contributed by atoms with Gasteiger partial charge in [0.05, 0.1) is 11.4 Å². The zero-order valence-corrected chi connectivity index (χ0v) is 20.2. The van der Waals surface area contributed by atoms with Crippen LogP contribution >= 0.6 is 39.9 Å². The van der Waals surface area contributed by atoms with Gasteiger partial charge in [0.2, 0.25) is 4.80 Å². The summed E-state index contributed by atoms with van der Waals surface area (Å²) in [5.41, 5.74) is 5.85. The van der Waals surface area contributed by atoms with E-state index in [1.54, 1.807) is 11.3 Å². The quantitative estimate of drug-likeness (QED) is 0.502. The molecule has 0 radical (unpaired) electrons. The molecule has 1 aliphatic heterocycles. The van der Waals surface area contributed by atoms with Crippen LogP contribution in [-0.2, 0) is 0 Å². The van der Waals surface area contributed by atoms with Gasteiger partial charge in [0.1, 0.15) is 0 Å². The predicted molar refractivity (Wildman–Crippen MR) is 130 cm³/mol. The summed E-state index contributed by atoms with van der Waals surface area (Å²) in [5, 5.41) is 5.36. The molecular weight excluding hydrogens is 468 g/mol. The standard InChI is InChI=1S/C22H25ClN4S.BrH/c1-16-5-4-6-20(17(16)2)24-22-27(26-13-11-25(3)12-14-26)21(15-28-22)18-7-9-19(23)10-8-18;/h4-10,15H,11-14H2,1-3H3;1H. The average molecular weight is 494 g/mol. The van der Waals surface area contributed by atoms with Crippen molar-refractivity contribution >= 4 is 45.6 Å². The Bertz CT molecular complexity index is 1030. The summed E-state index contributed by atoms with van der Waals surface area (Å²) < 4.78 is 2.29. The molecule has 7 heteroatoms. The fourth-order valence-electron chi connectivity index (χ4n) is 3.43. The molecule has 1 saturated heterocycles. The van der Waals surface area contributed by atoms with E-state index in [2.05, 4.69) is 71.2 Å². The Hall–Kier alpha value is -1.60. The lowest BCUT2D eigenvalue weighted by Gasteiger charge is -2.35. The maximum absolute atomic E-state index is 6.11. The minimum Gasteiger partial charge on any atom is -0.308 e. The van der Waals surface area contributed by atoms with E-state index in [1.807, 2.05) is 12.1 Å². The van der Waals surface area contributed by atoms with Crippen LogP contribution in [0.15, 0.2) is 52.8 Å². The van der Waals surface area contributed by atoms with Crippen molar-refractivity contribution in [1.29, 1.82) is 0 Å². The van der Waals surface area contributed by atoms with Gasteiger partial charge in [-0.25, -0.2) is 9.67 Å². The van der Waals surface area contributed by atoms with Gasteiger partial charge >= 0.3 is 0 Å². The van der Waals surface area contributed by atoms with Gasteiger partial charge in [0.15, 0.2) is 0 Å². The molecule has 2 aromatic carbocycles. The van der Waals surface area contributed by atoms with Gasteiger partial charge < -0.3 is 9.91 Å². The number of halogens is 2. The van der Waals surface area contributed by atoms with E-state index in [0.717, 1.165) is 52.9 Å². The first-order chi connectivity index (χ1) is 13.5. The van der Waals surface area contributed by atoms with E-state index in [0.29, 0.717) is 0 Å². The second-order valence-corrected chi connectivity index (χ2v) is 8.58. The maximum atomic E-state index is 6.11. The number of piperazine rings is 1. The molecule has 0 amide bonds. The molecule has 29 heavy (non-hydrogen) atoms. The SMILES string of the molecule is Br.Cc1cccc(N=c2scc(-c3ccc(Cl)cc3)n2N2CCN(C)CC2)c1C. The Morgan fingerprint density at radius 3 is 2.34 bits per heavy atom. The van der Waals surface area contributed by atoms with Crippen LogP contribution in [0, 0.1) is 13.8 Å². The van der Waals surface area contributed by atoms with Crippen molar-refractivity contribution in [3.8, 4) is 11.3 Å². The van der Waals surface area contributed by atoms with Crippen LogP contribution in [0.4, 0.5) is 5.69 Å². The number of hydrogen-bond acceptors (Lipinski definition) is 4. The first-order valence-electron chi connectivity index (χ1n) is 9.54. The van der Waals surface area contributed by atoms with Crippen molar-refractivity contribution in [2.45, 2.75) is 13.8 Å². The molecule has 1 aliphatic rings. The van der Waals surface area contributed by atoms with Gasteiger partial charge in [0.25, 0.3) is 0 Å². The summed E-state index contributed by atoms with van der Waals surface area (Å²) in [5.74, 6) is 0. The van der Waals surface area contributed by atoms with Gasteiger partial charge in [0, 0.05) is 42.1 Å². The molecule has 0 N–H and O–H groups in total. The van der Waals surface area contributed by atoms with Crippen molar-refractivity contribution in [3.63, 3.8) is 0 Å². The highest BCUT2D eigenvalue weighted by Gasteiger charge is 2.19. The van der Waals surface area contributed by atoms with Crippen molar-refractivity contribution in [2.24, 2.45) is 4.99 Å². The Balaban J connectivity index is 0.00000240. The van der Waals surface area contributed by atoms with Crippen LogP contribution in [0.1, 0.15) is 11.1 Å². The van der Waals surface area contributed by atoms with E-state index in [1.165, 1.54) is 11.1 Å². The molecule has 154 valence electrons. The monoisotopic (exact) mass is 492 g/mol. The fraction of sp³-hybridized carbons (Fsp3) is 0.318. The third-order valence-electron chi connectivity index (χ3n) is 5.38. The van der Waals surface area contributed by atoms with Crippen LogP contribution in [0.25, 0.3) is 11.3 Å². The molecule has 4 rings (SSSR count). The average Bonchev–Trinajstić information content (AvgIpc) is 3.10. The van der Waals surface area contributed by atoms with Gasteiger partial charge in [-0.2, -0.15) is 0 Å². The molecule has 0 bridgehead atoms. The number of nitrogens with zero attached hydrogens (tertiary/aromatic N) is 4. The molecule has 0 saturated carbocycles. The third-order valence-corrected chi connectivity index (χ3v) is 6.45. The first kappa shape index (κ1) is 22.1. The number of thiazole rings is 1. The highest BCUT2D eigenvalue weighted by atomic mass is 79.9. The van der Waals surface area contributed by atoms with Crippen molar-refractivity contribution in [1.82, 2.24) is 9.58 Å². The molecule has 0 aliphatic carbocycles. The minimum absolute atomic E-state index is 0. The zero-order chi connectivity index (χ0) is 19.7. The second kappa shape index (κ2) is 9.47. The lowest BCUT2D eigenvalue weighted by atomic mass is 10.1. The number of aryl methyl sites for hydroxylation is 1. The van der Waals surface area contributed by atoms with E-state index in [9.17, 15) is 0 Å². The lowest BCUT2D eigenvalue weighted by Crippen LogP contribution is -2.52. The highest BCUT2D eigenvalue weighted by Crippen LogP contribution is 2.25. The Labute approximate surface area is 191 Å². The van der Waals surface area contributed by atoms with Crippen LogP contribution < -0.4 is 9.81 Å². The van der Waals surface area contributed by atoms with Crippen LogP contribution in [0.5, 0.6) is 0 Å². The second-order valence-electron chi connectivity index (χ2n) is 7.31. The van der Waals surface area contributed by atoms with E-state index < -0.39 is 0 Å². The summed E-state index contributed by atoms with van der Waals surface area (Å²) >= 11 is 7.80. The van der Waals surface area contributed by atoms with Gasteiger partial charge in [-0.05, 0) is 50.2 Å². The summed E-state index contributed by atoms with van der Waals surface area (Å²) in [7, 11) is 2.18. The molecule has 3 aromatic rings. The largest absolute Gasteiger partial charge is 0.308 e. The molecular formula is C22H26BrClN4S. The highest BCUT2D eigenvalue weighted by molar-refractivity contribution is 8.93. The molecule has 0 unspecified atom stereocenters. The smallest absolute Gasteiger partial charge is 0.209 e. The summed E-state index contributed by atoms with van der Waals surface area (Å²) in [6.45, 7) is 8.33. The lowest BCUT2D eigenvalue weighted by molar-refractivity contribution is 0.287. The first-order valence-corrected chi connectivity index (χ1v) is 10.8. The Morgan fingerprint density at radius 2 is 1.66 bits per heavy atom. The van der Waals surface area contributed by atoms with E-state index >= 15 is 0 Å². The number of aromatic nitrogens is 1.